The lowest BCUT2D eigenvalue weighted by atomic mass is 9.98. The van der Waals surface area contributed by atoms with Crippen molar-refractivity contribution in [1.82, 2.24) is 0 Å². The van der Waals surface area contributed by atoms with Gasteiger partial charge in [0.2, 0.25) is 0 Å². The number of ether oxygens (including phenoxy) is 2. The van der Waals surface area contributed by atoms with Crippen molar-refractivity contribution in [3.8, 4) is 0 Å². The summed E-state index contributed by atoms with van der Waals surface area (Å²) in [7, 11) is 1.06. The van der Waals surface area contributed by atoms with E-state index >= 15 is 0 Å². The lowest BCUT2D eigenvalue weighted by molar-refractivity contribution is -0.442. The van der Waals surface area contributed by atoms with Crippen molar-refractivity contribution in [3.63, 3.8) is 0 Å². The summed E-state index contributed by atoms with van der Waals surface area (Å²) in [6.07, 6.45) is -6.14. The van der Waals surface area contributed by atoms with Crippen LogP contribution >= 0.6 is 0 Å². The molecule has 5 N–H and O–H groups in total. The van der Waals surface area contributed by atoms with Crippen LogP contribution in [0.25, 0.3) is 0 Å². The van der Waals surface area contributed by atoms with Crippen molar-refractivity contribution in [2.24, 2.45) is 0 Å². The van der Waals surface area contributed by atoms with Gasteiger partial charge in [0.1, 0.15) is 18.3 Å². The molecule has 1 unspecified atom stereocenters. The van der Waals surface area contributed by atoms with Gasteiger partial charge in [0.15, 0.2) is 6.10 Å². The second kappa shape index (κ2) is 4.07. The molecule has 1 fully saturated rings. The molecule has 0 aromatic carbocycles. The van der Waals surface area contributed by atoms with E-state index in [1.165, 1.54) is 0 Å². The molecule has 84 valence electrons. The minimum absolute atomic E-state index is 0.614. The molecule has 0 aromatic heterocycles. The van der Waals surface area contributed by atoms with Gasteiger partial charge in [0.05, 0.1) is 6.61 Å². The molecule has 1 aliphatic rings. The summed E-state index contributed by atoms with van der Waals surface area (Å²) in [5.41, 5.74) is 0. The third kappa shape index (κ3) is 1.75. The Morgan fingerprint density at radius 3 is 2.29 bits per heavy atom. The van der Waals surface area contributed by atoms with E-state index in [4.69, 9.17) is 9.84 Å². The van der Waals surface area contributed by atoms with Gasteiger partial charge in [0, 0.05) is 7.11 Å². The van der Waals surface area contributed by atoms with Crippen molar-refractivity contribution in [2.45, 2.75) is 30.4 Å². The Balaban J connectivity index is 2.84. The van der Waals surface area contributed by atoms with Crippen LogP contribution in [0.3, 0.4) is 0 Å². The average molecular weight is 210 g/mol. The zero-order valence-corrected chi connectivity index (χ0v) is 7.57. The van der Waals surface area contributed by atoms with Gasteiger partial charge in [-0.25, -0.2) is 0 Å². The van der Waals surface area contributed by atoms with Crippen LogP contribution in [0.4, 0.5) is 0 Å². The molecule has 7 heteroatoms. The first kappa shape index (κ1) is 11.8. The smallest absolute Gasteiger partial charge is 0.311 e. The molecule has 0 spiro atoms. The number of methoxy groups -OCH3 is 1. The summed E-state index contributed by atoms with van der Waals surface area (Å²) in [5, 5.41) is 46.1. The van der Waals surface area contributed by atoms with Crippen LogP contribution in [0.1, 0.15) is 0 Å². The van der Waals surface area contributed by atoms with Gasteiger partial charge in [-0.1, -0.05) is 0 Å². The summed E-state index contributed by atoms with van der Waals surface area (Å²) in [6, 6.07) is 0. The van der Waals surface area contributed by atoms with Crippen LogP contribution in [0.15, 0.2) is 0 Å². The summed E-state index contributed by atoms with van der Waals surface area (Å²) in [6.45, 7) is -0.614. The molecule has 0 amide bonds. The average Bonchev–Trinajstić information content (AvgIpc) is 2.20. The molecule has 14 heavy (non-hydrogen) atoms. The van der Waals surface area contributed by atoms with Gasteiger partial charge in [0.25, 0.3) is 0 Å². The Kier molecular flexibility index (Phi) is 3.43. The van der Waals surface area contributed by atoms with Gasteiger partial charge in [-0.2, -0.15) is 0 Å². The summed E-state index contributed by atoms with van der Waals surface area (Å²) in [5.74, 6) is -2.41. The van der Waals surface area contributed by atoms with Crippen molar-refractivity contribution in [2.75, 3.05) is 13.7 Å². The van der Waals surface area contributed by atoms with E-state index in [1.807, 2.05) is 0 Å². The highest BCUT2D eigenvalue weighted by Gasteiger charge is 2.53. The molecule has 0 saturated carbocycles. The summed E-state index contributed by atoms with van der Waals surface area (Å²) < 4.78 is 9.13. The normalized spacial score (nSPS) is 49.3. The molecule has 7 nitrogen and oxygen atoms in total. The van der Waals surface area contributed by atoms with E-state index in [0.717, 1.165) is 7.11 Å². The number of hydrogen-bond acceptors (Lipinski definition) is 7. The number of hydrogen-bond donors (Lipinski definition) is 5. The predicted octanol–water partition coefficient (Wildman–Crippen LogP) is -3.25. The first-order valence-electron chi connectivity index (χ1n) is 4.06. The maximum absolute atomic E-state index is 9.46. The fourth-order valence-corrected chi connectivity index (χ4v) is 1.29. The Bertz CT molecular complexity index is 196. The second-order valence-corrected chi connectivity index (χ2v) is 3.10. The first-order valence-corrected chi connectivity index (χ1v) is 4.06. The van der Waals surface area contributed by atoms with Crippen LogP contribution in [0.5, 0.6) is 0 Å². The number of rotatable bonds is 2. The molecule has 0 aromatic rings. The Morgan fingerprint density at radius 2 is 1.86 bits per heavy atom. The standard InChI is InChI=1S/C7H14O7/c1-13-7(12)6(11)5(10)4(9)3(2-8)14-7/h3-6,8-12H,2H2,1H3/t3-,4-,5+,6-,7?/m1/s1. The van der Waals surface area contributed by atoms with Crippen LogP contribution in [0, 0.1) is 0 Å². The van der Waals surface area contributed by atoms with Gasteiger partial charge in [-0.15, -0.1) is 0 Å². The van der Waals surface area contributed by atoms with Crippen LogP contribution in [-0.2, 0) is 9.47 Å². The van der Waals surface area contributed by atoms with Crippen molar-refractivity contribution in [1.29, 1.82) is 0 Å². The summed E-state index contributed by atoms with van der Waals surface area (Å²) >= 11 is 0. The van der Waals surface area contributed by atoms with Crippen molar-refractivity contribution in [3.05, 3.63) is 0 Å². The lowest BCUT2D eigenvalue weighted by Gasteiger charge is -2.43. The van der Waals surface area contributed by atoms with E-state index in [9.17, 15) is 20.4 Å². The van der Waals surface area contributed by atoms with Gasteiger partial charge < -0.3 is 35.0 Å². The molecular formula is C7H14O7. The molecule has 1 saturated heterocycles. The largest absolute Gasteiger partial charge is 0.394 e. The predicted molar refractivity (Wildman–Crippen MR) is 41.9 cm³/mol. The molecule has 0 aliphatic carbocycles. The third-order valence-corrected chi connectivity index (χ3v) is 2.22. The Hall–Kier alpha value is -0.280. The highest BCUT2D eigenvalue weighted by atomic mass is 16.8. The fraction of sp³-hybridized carbons (Fsp3) is 1.00. The number of aliphatic hydroxyl groups is 5. The number of aliphatic hydroxyl groups excluding tert-OH is 4. The van der Waals surface area contributed by atoms with Crippen molar-refractivity contribution >= 4 is 0 Å². The van der Waals surface area contributed by atoms with Gasteiger partial charge in [-0.3, -0.25) is 0 Å². The van der Waals surface area contributed by atoms with Crippen molar-refractivity contribution < 1.29 is 35.0 Å². The summed E-state index contributed by atoms with van der Waals surface area (Å²) in [4.78, 5) is 0. The van der Waals surface area contributed by atoms with Gasteiger partial charge >= 0.3 is 5.97 Å². The van der Waals surface area contributed by atoms with Gasteiger partial charge in [-0.05, 0) is 0 Å². The Morgan fingerprint density at radius 1 is 1.29 bits per heavy atom. The van der Waals surface area contributed by atoms with Crippen LogP contribution < -0.4 is 0 Å². The maximum Gasteiger partial charge on any atom is 0.311 e. The topological polar surface area (TPSA) is 120 Å². The minimum Gasteiger partial charge on any atom is -0.394 e. The molecule has 1 rings (SSSR count). The molecule has 1 heterocycles. The molecule has 5 atom stereocenters. The first-order chi connectivity index (χ1) is 6.46. The van der Waals surface area contributed by atoms with E-state index < -0.39 is 37.0 Å². The van der Waals surface area contributed by atoms with Crippen LogP contribution in [0.2, 0.25) is 0 Å². The molecule has 0 radical (unpaired) electrons. The molecule has 1 aliphatic heterocycles. The highest BCUT2D eigenvalue weighted by molar-refractivity contribution is 4.91. The quantitative estimate of drug-likeness (QED) is 0.304. The zero-order chi connectivity index (χ0) is 10.9. The maximum atomic E-state index is 9.46. The molecule has 0 bridgehead atoms. The SMILES string of the molecule is COC1(O)O[C@H](CO)[C@@H](O)[C@H](O)[C@H]1O. The van der Waals surface area contributed by atoms with E-state index in [0.29, 0.717) is 0 Å². The zero-order valence-electron chi connectivity index (χ0n) is 7.57. The van der Waals surface area contributed by atoms with E-state index in [1.54, 1.807) is 0 Å². The third-order valence-electron chi connectivity index (χ3n) is 2.22. The Labute approximate surface area is 80.1 Å². The monoisotopic (exact) mass is 210 g/mol. The minimum atomic E-state index is -2.41. The second-order valence-electron chi connectivity index (χ2n) is 3.10. The van der Waals surface area contributed by atoms with E-state index in [2.05, 4.69) is 4.74 Å². The lowest BCUT2D eigenvalue weighted by Crippen LogP contribution is -2.65. The highest BCUT2D eigenvalue weighted by Crippen LogP contribution is 2.28. The van der Waals surface area contributed by atoms with Crippen LogP contribution in [-0.4, -0.2) is 69.6 Å². The fourth-order valence-electron chi connectivity index (χ4n) is 1.29. The van der Waals surface area contributed by atoms with E-state index in [-0.39, 0.29) is 0 Å². The molecular weight excluding hydrogens is 196 g/mol.